The van der Waals surface area contributed by atoms with Crippen LogP contribution in [0.4, 0.5) is 0 Å². The lowest BCUT2D eigenvalue weighted by Crippen LogP contribution is -2.43. The first-order valence-corrected chi connectivity index (χ1v) is 10.1. The van der Waals surface area contributed by atoms with Crippen molar-refractivity contribution in [1.82, 2.24) is 14.9 Å². The Bertz CT molecular complexity index is 918. The summed E-state index contributed by atoms with van der Waals surface area (Å²) in [7, 11) is 0. The van der Waals surface area contributed by atoms with Gasteiger partial charge in [0, 0.05) is 10.9 Å². The first-order valence-electron chi connectivity index (χ1n) is 9.27. The molecule has 0 saturated heterocycles. The molecule has 0 aliphatic heterocycles. The SMILES string of the molecule is Cc1sc2ncn(CC(=O)OCC(=O)N[C@H]3CCCC[C@H]3C)c(=O)c2c1C. The molecule has 1 aliphatic rings. The van der Waals surface area contributed by atoms with E-state index in [0.717, 1.165) is 29.7 Å². The maximum atomic E-state index is 12.6. The van der Waals surface area contributed by atoms with Crippen molar-refractivity contribution < 1.29 is 14.3 Å². The van der Waals surface area contributed by atoms with E-state index in [1.54, 1.807) is 0 Å². The smallest absolute Gasteiger partial charge is 0.326 e. The van der Waals surface area contributed by atoms with Gasteiger partial charge in [0.1, 0.15) is 11.4 Å². The Morgan fingerprint density at radius 2 is 2.07 bits per heavy atom. The molecule has 1 saturated carbocycles. The van der Waals surface area contributed by atoms with Crippen LogP contribution >= 0.6 is 11.3 Å². The molecule has 0 spiro atoms. The van der Waals surface area contributed by atoms with Crippen LogP contribution in [0.5, 0.6) is 0 Å². The van der Waals surface area contributed by atoms with Gasteiger partial charge in [-0.1, -0.05) is 19.8 Å². The second-order valence-electron chi connectivity index (χ2n) is 7.24. The number of thiophene rings is 1. The van der Waals surface area contributed by atoms with Crippen molar-refractivity contribution in [1.29, 1.82) is 0 Å². The molecule has 1 amide bonds. The normalized spacial score (nSPS) is 19.8. The van der Waals surface area contributed by atoms with E-state index in [-0.39, 0.29) is 30.7 Å². The molecule has 0 bridgehead atoms. The molecule has 7 nitrogen and oxygen atoms in total. The number of hydrogen-bond acceptors (Lipinski definition) is 6. The van der Waals surface area contributed by atoms with Crippen LogP contribution in [0.15, 0.2) is 11.1 Å². The molecule has 1 aliphatic carbocycles. The van der Waals surface area contributed by atoms with Crippen LogP contribution in [0.3, 0.4) is 0 Å². The van der Waals surface area contributed by atoms with E-state index in [1.807, 2.05) is 13.8 Å². The number of fused-ring (bicyclic) bond motifs is 1. The van der Waals surface area contributed by atoms with E-state index in [2.05, 4.69) is 17.2 Å². The average Bonchev–Trinajstić information content (AvgIpc) is 2.92. The highest BCUT2D eigenvalue weighted by atomic mass is 32.1. The van der Waals surface area contributed by atoms with Crippen molar-refractivity contribution in [2.75, 3.05) is 6.61 Å². The summed E-state index contributed by atoms with van der Waals surface area (Å²) in [5, 5.41) is 3.48. The summed E-state index contributed by atoms with van der Waals surface area (Å²) in [6, 6.07) is 0.143. The highest BCUT2D eigenvalue weighted by Crippen LogP contribution is 2.25. The summed E-state index contributed by atoms with van der Waals surface area (Å²) in [5.41, 5.74) is 0.621. The predicted octanol–water partition coefficient (Wildman–Crippen LogP) is 2.31. The quantitative estimate of drug-likeness (QED) is 0.790. The second-order valence-corrected chi connectivity index (χ2v) is 8.44. The van der Waals surface area contributed by atoms with Crippen molar-refractivity contribution in [2.45, 2.75) is 59.0 Å². The molecule has 1 fully saturated rings. The Balaban J connectivity index is 1.57. The molecule has 0 radical (unpaired) electrons. The molecule has 8 heteroatoms. The highest BCUT2D eigenvalue weighted by molar-refractivity contribution is 7.18. The van der Waals surface area contributed by atoms with Crippen LogP contribution in [0.25, 0.3) is 10.2 Å². The van der Waals surface area contributed by atoms with Crippen molar-refractivity contribution in [3.63, 3.8) is 0 Å². The number of hydrogen-bond donors (Lipinski definition) is 1. The maximum Gasteiger partial charge on any atom is 0.326 e. The zero-order valence-corrected chi connectivity index (χ0v) is 16.7. The van der Waals surface area contributed by atoms with E-state index < -0.39 is 5.97 Å². The lowest BCUT2D eigenvalue weighted by molar-refractivity contribution is -0.149. The van der Waals surface area contributed by atoms with E-state index in [0.29, 0.717) is 16.1 Å². The van der Waals surface area contributed by atoms with Gasteiger partial charge in [-0.2, -0.15) is 0 Å². The summed E-state index contributed by atoms with van der Waals surface area (Å²) < 4.78 is 6.28. The minimum absolute atomic E-state index is 0.143. The van der Waals surface area contributed by atoms with E-state index in [1.165, 1.54) is 28.7 Å². The number of nitrogens with one attached hydrogen (secondary N) is 1. The fourth-order valence-corrected chi connectivity index (χ4v) is 4.48. The molecule has 2 heterocycles. The molecule has 2 aromatic rings. The third kappa shape index (κ3) is 4.37. The maximum absolute atomic E-state index is 12.6. The van der Waals surface area contributed by atoms with Gasteiger partial charge in [-0.3, -0.25) is 19.0 Å². The summed E-state index contributed by atoms with van der Waals surface area (Å²) in [4.78, 5) is 42.6. The topological polar surface area (TPSA) is 90.3 Å². The molecular formula is C19H25N3O4S. The first-order chi connectivity index (χ1) is 12.9. The van der Waals surface area contributed by atoms with Crippen molar-refractivity contribution in [2.24, 2.45) is 5.92 Å². The van der Waals surface area contributed by atoms with Crippen LogP contribution in [0, 0.1) is 19.8 Å². The lowest BCUT2D eigenvalue weighted by Gasteiger charge is -2.29. The first kappa shape index (κ1) is 19.5. The molecule has 3 rings (SSSR count). The molecule has 2 aromatic heterocycles. The average molecular weight is 391 g/mol. The van der Waals surface area contributed by atoms with Crippen molar-refractivity contribution >= 4 is 33.4 Å². The van der Waals surface area contributed by atoms with Crippen LogP contribution in [0.2, 0.25) is 0 Å². The summed E-state index contributed by atoms with van der Waals surface area (Å²) in [6.45, 7) is 5.34. The van der Waals surface area contributed by atoms with Crippen LogP contribution in [-0.2, 0) is 20.9 Å². The van der Waals surface area contributed by atoms with Gasteiger partial charge in [0.05, 0.1) is 11.7 Å². The number of esters is 1. The Morgan fingerprint density at radius 3 is 2.81 bits per heavy atom. The van der Waals surface area contributed by atoms with Crippen molar-refractivity contribution in [3.8, 4) is 0 Å². The van der Waals surface area contributed by atoms with E-state index in [9.17, 15) is 14.4 Å². The third-order valence-corrected chi connectivity index (χ3v) is 6.39. The minimum Gasteiger partial charge on any atom is -0.454 e. The largest absolute Gasteiger partial charge is 0.454 e. The molecule has 0 unspecified atom stereocenters. The molecule has 146 valence electrons. The number of aromatic nitrogens is 2. The lowest BCUT2D eigenvalue weighted by atomic mass is 9.86. The summed E-state index contributed by atoms with van der Waals surface area (Å²) in [5.74, 6) is -0.492. The van der Waals surface area contributed by atoms with Crippen LogP contribution in [0.1, 0.15) is 43.0 Å². The van der Waals surface area contributed by atoms with Gasteiger partial charge in [0.15, 0.2) is 6.61 Å². The second kappa shape index (κ2) is 8.21. The van der Waals surface area contributed by atoms with Gasteiger partial charge in [-0.15, -0.1) is 11.3 Å². The number of carbonyl (C=O) groups is 2. The Hall–Kier alpha value is -2.22. The van der Waals surface area contributed by atoms with Crippen molar-refractivity contribution in [3.05, 3.63) is 27.1 Å². The number of rotatable bonds is 5. The predicted molar refractivity (Wildman–Crippen MR) is 104 cm³/mol. The van der Waals surface area contributed by atoms with E-state index in [4.69, 9.17) is 4.74 Å². The summed E-state index contributed by atoms with van der Waals surface area (Å²) in [6.07, 6.45) is 5.71. The zero-order chi connectivity index (χ0) is 19.6. The van der Waals surface area contributed by atoms with Gasteiger partial charge < -0.3 is 10.1 Å². The molecular weight excluding hydrogens is 366 g/mol. The number of aryl methyl sites for hydroxylation is 2. The minimum atomic E-state index is -0.630. The standard InChI is InChI=1S/C19H25N3O4S/c1-11-6-4-5-7-14(11)21-15(23)9-26-16(24)8-22-10-20-18-17(19(22)25)12(2)13(3)27-18/h10-11,14H,4-9H2,1-3H3,(H,21,23)/t11-,14+/m1/s1. The third-order valence-electron chi connectivity index (χ3n) is 5.28. The van der Waals surface area contributed by atoms with Gasteiger partial charge in [-0.05, 0) is 38.2 Å². The zero-order valence-electron chi connectivity index (χ0n) is 15.9. The molecule has 27 heavy (non-hydrogen) atoms. The fraction of sp³-hybridized carbons (Fsp3) is 0.579. The van der Waals surface area contributed by atoms with Gasteiger partial charge >= 0.3 is 5.97 Å². The van der Waals surface area contributed by atoms with Gasteiger partial charge in [0.2, 0.25) is 0 Å². The van der Waals surface area contributed by atoms with E-state index >= 15 is 0 Å². The number of amides is 1. The fourth-order valence-electron chi connectivity index (χ4n) is 3.49. The Labute approximate surface area is 161 Å². The Kier molecular flexibility index (Phi) is 5.94. The van der Waals surface area contributed by atoms with Gasteiger partial charge in [-0.25, -0.2) is 4.98 Å². The number of ether oxygens (including phenoxy) is 1. The summed E-state index contributed by atoms with van der Waals surface area (Å²) >= 11 is 1.46. The molecule has 0 aromatic carbocycles. The van der Waals surface area contributed by atoms with Crippen LogP contribution < -0.4 is 10.9 Å². The number of carbonyl (C=O) groups excluding carboxylic acids is 2. The van der Waals surface area contributed by atoms with Crippen LogP contribution in [-0.4, -0.2) is 34.1 Å². The highest BCUT2D eigenvalue weighted by Gasteiger charge is 2.23. The molecule has 1 N–H and O–H groups in total. The monoisotopic (exact) mass is 391 g/mol. The Morgan fingerprint density at radius 1 is 1.33 bits per heavy atom. The van der Waals surface area contributed by atoms with Gasteiger partial charge in [0.25, 0.3) is 11.5 Å². The number of nitrogens with zero attached hydrogens (tertiary/aromatic N) is 2. The molecule has 2 atom stereocenters.